The van der Waals surface area contributed by atoms with Gasteiger partial charge >= 0.3 is 5.97 Å². The van der Waals surface area contributed by atoms with Crippen molar-refractivity contribution in [2.24, 2.45) is 5.92 Å². The van der Waals surface area contributed by atoms with Crippen molar-refractivity contribution in [1.29, 1.82) is 0 Å². The van der Waals surface area contributed by atoms with Crippen molar-refractivity contribution in [3.8, 4) is 0 Å². The molecule has 2 aliphatic carbocycles. The minimum absolute atomic E-state index is 0.0191. The molecule has 1 N–H and O–H groups in total. The Kier molecular flexibility index (Phi) is 5.52. The Morgan fingerprint density at radius 1 is 1.32 bits per heavy atom. The number of halogens is 1. The van der Waals surface area contributed by atoms with Crippen molar-refractivity contribution in [2.75, 3.05) is 0 Å². The minimum atomic E-state index is -0.413. The Labute approximate surface area is 129 Å². The molecule has 0 amide bonds. The Bertz CT molecular complexity index is 305. The smallest absolute Gasteiger partial charge is 0.319 e. The Balaban J connectivity index is 1.78. The van der Waals surface area contributed by atoms with Crippen molar-refractivity contribution in [2.45, 2.75) is 80.3 Å². The van der Waals surface area contributed by atoms with Crippen LogP contribution in [0.2, 0.25) is 0 Å². The van der Waals surface area contributed by atoms with Crippen LogP contribution in [0.15, 0.2) is 0 Å². The molecular weight excluding hydrogens is 355 g/mol. The second-order valence-corrected chi connectivity index (χ2v) is 7.60. The van der Waals surface area contributed by atoms with Crippen LogP contribution in [0.1, 0.15) is 64.7 Å². The van der Waals surface area contributed by atoms with Crippen molar-refractivity contribution in [3.63, 3.8) is 0 Å². The molecule has 1 atom stereocenters. The van der Waals surface area contributed by atoms with Gasteiger partial charge in [-0.05, 0) is 50.9 Å². The number of carbonyl (C=O) groups is 1. The van der Waals surface area contributed by atoms with Gasteiger partial charge in [0.15, 0.2) is 0 Å². The number of carbonyl (C=O) groups excluding carboxylic acids is 1. The van der Waals surface area contributed by atoms with E-state index >= 15 is 0 Å². The second-order valence-electron chi connectivity index (χ2n) is 6.10. The quantitative estimate of drug-likeness (QED) is 0.461. The first-order chi connectivity index (χ1) is 9.05. The topological polar surface area (TPSA) is 46.5 Å². The molecule has 0 bridgehead atoms. The normalized spacial score (nSPS) is 31.9. The summed E-state index contributed by atoms with van der Waals surface area (Å²) in [6.45, 7) is 2.00. The number of esters is 1. The Hall–Kier alpha value is 0.160. The van der Waals surface area contributed by atoms with Crippen molar-refractivity contribution in [1.82, 2.24) is 0 Å². The fourth-order valence-electron chi connectivity index (χ4n) is 3.52. The van der Waals surface area contributed by atoms with Crippen LogP contribution in [-0.4, -0.2) is 26.7 Å². The van der Waals surface area contributed by atoms with E-state index in [4.69, 9.17) is 4.74 Å². The highest BCUT2D eigenvalue weighted by Gasteiger charge is 2.41. The molecule has 0 spiro atoms. The van der Waals surface area contributed by atoms with Crippen LogP contribution in [0.3, 0.4) is 0 Å². The zero-order chi connectivity index (χ0) is 13.9. The first kappa shape index (κ1) is 15.5. The molecular formula is C15H25IO3. The van der Waals surface area contributed by atoms with Crippen molar-refractivity contribution in [3.05, 3.63) is 0 Å². The van der Waals surface area contributed by atoms with Gasteiger partial charge in [0.05, 0.1) is 5.60 Å². The van der Waals surface area contributed by atoms with Crippen molar-refractivity contribution >= 4 is 28.6 Å². The largest absolute Gasteiger partial charge is 0.462 e. The SMILES string of the molecule is CCC(I)C(=O)OC1CCC(C2(O)CCCC2)CC1. The van der Waals surface area contributed by atoms with E-state index in [-0.39, 0.29) is 16.0 Å². The standard InChI is InChI=1S/C15H25IO3/c1-2-13(16)14(17)19-12-7-5-11(6-8-12)15(18)9-3-4-10-15/h11-13,18H,2-10H2,1H3. The molecule has 4 heteroatoms. The molecule has 0 aromatic carbocycles. The highest BCUT2D eigenvalue weighted by Crippen LogP contribution is 2.43. The van der Waals surface area contributed by atoms with Gasteiger partial charge < -0.3 is 9.84 Å². The van der Waals surface area contributed by atoms with E-state index in [1.807, 2.05) is 6.92 Å². The van der Waals surface area contributed by atoms with Gasteiger partial charge in [-0.2, -0.15) is 0 Å². The number of hydrogen-bond acceptors (Lipinski definition) is 3. The summed E-state index contributed by atoms with van der Waals surface area (Å²) in [4.78, 5) is 11.8. The molecule has 0 heterocycles. The van der Waals surface area contributed by atoms with Gasteiger partial charge in [0, 0.05) is 0 Å². The van der Waals surface area contributed by atoms with E-state index < -0.39 is 5.60 Å². The van der Waals surface area contributed by atoms with E-state index in [1.54, 1.807) is 0 Å². The van der Waals surface area contributed by atoms with Gasteiger partial charge in [-0.3, -0.25) is 4.79 Å². The third-order valence-corrected chi connectivity index (χ3v) is 6.19. The van der Waals surface area contributed by atoms with Crippen LogP contribution in [0.4, 0.5) is 0 Å². The van der Waals surface area contributed by atoms with Gasteiger partial charge in [0.25, 0.3) is 0 Å². The molecule has 110 valence electrons. The summed E-state index contributed by atoms with van der Waals surface area (Å²) in [7, 11) is 0. The average Bonchev–Trinajstić information content (AvgIpc) is 2.86. The Morgan fingerprint density at radius 3 is 2.42 bits per heavy atom. The summed E-state index contributed by atoms with van der Waals surface area (Å²) in [5.41, 5.74) is -0.413. The maximum absolute atomic E-state index is 11.8. The van der Waals surface area contributed by atoms with Crippen LogP contribution in [0, 0.1) is 5.92 Å². The maximum Gasteiger partial charge on any atom is 0.319 e. The lowest BCUT2D eigenvalue weighted by Crippen LogP contribution is -2.39. The fourth-order valence-corrected chi connectivity index (χ4v) is 3.67. The van der Waals surface area contributed by atoms with Gasteiger partial charge in [-0.15, -0.1) is 0 Å². The van der Waals surface area contributed by atoms with Crippen molar-refractivity contribution < 1.29 is 14.6 Å². The van der Waals surface area contributed by atoms with Crippen LogP contribution in [0.5, 0.6) is 0 Å². The van der Waals surface area contributed by atoms with Gasteiger partial charge in [-0.25, -0.2) is 0 Å². The van der Waals surface area contributed by atoms with E-state index in [9.17, 15) is 9.90 Å². The molecule has 1 unspecified atom stereocenters. The number of rotatable bonds is 4. The van der Waals surface area contributed by atoms with Crippen LogP contribution in [0.25, 0.3) is 0 Å². The molecule has 0 aromatic rings. The molecule has 2 saturated carbocycles. The summed E-state index contributed by atoms with van der Waals surface area (Å²) >= 11 is 2.15. The minimum Gasteiger partial charge on any atom is -0.462 e. The molecule has 0 radical (unpaired) electrons. The molecule has 19 heavy (non-hydrogen) atoms. The molecule has 3 nitrogen and oxygen atoms in total. The first-order valence-corrected chi connectivity index (χ1v) is 8.86. The molecule has 0 aliphatic heterocycles. The lowest BCUT2D eigenvalue weighted by molar-refractivity contribution is -0.151. The molecule has 0 aromatic heterocycles. The zero-order valence-electron chi connectivity index (χ0n) is 11.7. The monoisotopic (exact) mass is 380 g/mol. The fraction of sp³-hybridized carbons (Fsp3) is 0.933. The third kappa shape index (κ3) is 3.84. The second kappa shape index (κ2) is 6.74. The molecule has 2 fully saturated rings. The lowest BCUT2D eigenvalue weighted by Gasteiger charge is -2.37. The number of ether oxygens (including phenoxy) is 1. The summed E-state index contributed by atoms with van der Waals surface area (Å²) < 4.78 is 5.54. The number of alkyl halides is 1. The average molecular weight is 380 g/mol. The third-order valence-electron chi connectivity index (χ3n) is 4.80. The highest BCUT2D eigenvalue weighted by atomic mass is 127. The van der Waals surface area contributed by atoms with E-state index in [1.165, 1.54) is 12.8 Å². The maximum atomic E-state index is 11.8. The number of hydrogen-bond donors (Lipinski definition) is 1. The van der Waals surface area contributed by atoms with Crippen LogP contribution in [-0.2, 0) is 9.53 Å². The molecule has 2 rings (SSSR count). The number of aliphatic hydroxyl groups is 1. The van der Waals surface area contributed by atoms with Gasteiger partial charge in [-0.1, -0.05) is 42.4 Å². The zero-order valence-corrected chi connectivity index (χ0v) is 13.9. The predicted octanol–water partition coefficient (Wildman–Crippen LogP) is 3.61. The van der Waals surface area contributed by atoms with E-state index in [0.29, 0.717) is 5.92 Å². The van der Waals surface area contributed by atoms with Crippen LogP contribution < -0.4 is 0 Å². The lowest BCUT2D eigenvalue weighted by atomic mass is 9.75. The predicted molar refractivity (Wildman–Crippen MR) is 83.4 cm³/mol. The molecule has 0 saturated heterocycles. The summed E-state index contributed by atoms with van der Waals surface area (Å²) in [6, 6.07) is 0. The first-order valence-electron chi connectivity index (χ1n) is 7.62. The van der Waals surface area contributed by atoms with E-state index in [2.05, 4.69) is 22.6 Å². The summed E-state index contributed by atoms with van der Waals surface area (Å²) in [5, 5.41) is 10.6. The van der Waals surface area contributed by atoms with Crippen LogP contribution >= 0.6 is 22.6 Å². The molecule has 2 aliphatic rings. The highest BCUT2D eigenvalue weighted by molar-refractivity contribution is 14.1. The Morgan fingerprint density at radius 2 is 1.89 bits per heavy atom. The van der Waals surface area contributed by atoms with E-state index in [0.717, 1.165) is 44.9 Å². The van der Waals surface area contributed by atoms with Gasteiger partial charge in [0.1, 0.15) is 10.0 Å². The summed E-state index contributed by atoms with van der Waals surface area (Å²) in [6.07, 6.45) is 9.03. The summed E-state index contributed by atoms with van der Waals surface area (Å²) in [5.74, 6) is 0.359. The van der Waals surface area contributed by atoms with Gasteiger partial charge in [0.2, 0.25) is 0 Å².